The lowest BCUT2D eigenvalue weighted by molar-refractivity contribution is -0.393. The van der Waals surface area contributed by atoms with E-state index >= 15 is 0 Å². The molecule has 0 atom stereocenters. The fourth-order valence-electron chi connectivity index (χ4n) is 2.24. The highest BCUT2D eigenvalue weighted by molar-refractivity contribution is 5.99. The number of nitrogens with one attached hydrogen (secondary N) is 1. The number of H-pyrrole nitrogens is 1. The molecule has 9 nitrogen and oxygen atoms in total. The number of rotatable bonds is 5. The number of aromatic nitrogens is 1. The summed E-state index contributed by atoms with van der Waals surface area (Å²) in [5, 5.41) is 22.1. The molecule has 0 aliphatic rings. The number of non-ortho nitro benzene ring substituents is 1. The third-order valence-electron chi connectivity index (χ3n) is 3.23. The summed E-state index contributed by atoms with van der Waals surface area (Å²) in [7, 11) is 0. The molecule has 0 aliphatic heterocycles. The molecule has 1 heterocycles. The minimum atomic E-state index is -0.719. The number of aromatic amines is 1. The summed E-state index contributed by atoms with van der Waals surface area (Å²) in [6.07, 6.45) is 1.40. The van der Waals surface area contributed by atoms with Crippen LogP contribution in [0.3, 0.4) is 0 Å². The zero-order chi connectivity index (χ0) is 17.1. The second-order valence-corrected chi connectivity index (χ2v) is 4.64. The van der Waals surface area contributed by atoms with Gasteiger partial charge in [-0.15, -0.1) is 0 Å². The standard InChI is InChI=1S/C14H13N3O6/c1-3-23-14(18)11-7-15-8(2)13(11)10-5-4-9(16(19)20)6-12(10)17(21)22/h4-7,15H,3H2,1-2H3. The van der Waals surface area contributed by atoms with Crippen molar-refractivity contribution in [2.24, 2.45) is 0 Å². The molecule has 0 radical (unpaired) electrons. The first-order chi connectivity index (χ1) is 10.9. The van der Waals surface area contributed by atoms with E-state index in [2.05, 4.69) is 4.98 Å². The van der Waals surface area contributed by atoms with Crippen LogP contribution in [0.1, 0.15) is 23.0 Å². The lowest BCUT2D eigenvalue weighted by Gasteiger charge is -2.06. The molecular weight excluding hydrogens is 306 g/mol. The Morgan fingerprint density at radius 1 is 1.26 bits per heavy atom. The SMILES string of the molecule is CCOC(=O)c1c[nH]c(C)c1-c1ccc([N+](=O)[O-])cc1[N+](=O)[O-]. The van der Waals surface area contributed by atoms with Crippen LogP contribution in [-0.2, 0) is 4.74 Å². The molecule has 0 spiro atoms. The van der Waals surface area contributed by atoms with E-state index in [9.17, 15) is 25.0 Å². The monoisotopic (exact) mass is 319 g/mol. The first-order valence-corrected chi connectivity index (χ1v) is 6.65. The van der Waals surface area contributed by atoms with Gasteiger partial charge in [-0.2, -0.15) is 0 Å². The average Bonchev–Trinajstić information content (AvgIpc) is 2.88. The molecule has 0 saturated carbocycles. The highest BCUT2D eigenvalue weighted by atomic mass is 16.6. The quantitative estimate of drug-likeness (QED) is 0.512. The number of ether oxygens (including phenoxy) is 1. The minimum Gasteiger partial charge on any atom is -0.462 e. The summed E-state index contributed by atoms with van der Waals surface area (Å²) in [5.41, 5.74) is 0.220. The Hall–Kier alpha value is -3.23. The number of nitro groups is 2. The number of benzene rings is 1. The van der Waals surface area contributed by atoms with Crippen LogP contribution in [0.5, 0.6) is 0 Å². The van der Waals surface area contributed by atoms with Gasteiger partial charge in [0.25, 0.3) is 11.4 Å². The Morgan fingerprint density at radius 2 is 1.96 bits per heavy atom. The highest BCUT2D eigenvalue weighted by Gasteiger charge is 2.26. The lowest BCUT2D eigenvalue weighted by atomic mass is 9.99. The number of nitro benzene ring substituents is 2. The van der Waals surface area contributed by atoms with Gasteiger partial charge in [-0.25, -0.2) is 4.79 Å². The van der Waals surface area contributed by atoms with Gasteiger partial charge in [-0.1, -0.05) is 0 Å². The van der Waals surface area contributed by atoms with E-state index in [0.29, 0.717) is 11.3 Å². The fourth-order valence-corrected chi connectivity index (χ4v) is 2.24. The van der Waals surface area contributed by atoms with E-state index in [-0.39, 0.29) is 17.7 Å². The van der Waals surface area contributed by atoms with Gasteiger partial charge in [0.1, 0.15) is 0 Å². The molecule has 2 rings (SSSR count). The van der Waals surface area contributed by atoms with Crippen LogP contribution in [-0.4, -0.2) is 27.4 Å². The number of nitrogens with zero attached hydrogens (tertiary/aromatic N) is 2. The highest BCUT2D eigenvalue weighted by Crippen LogP contribution is 2.37. The molecule has 0 fully saturated rings. The first kappa shape index (κ1) is 16.1. The molecule has 0 bridgehead atoms. The van der Waals surface area contributed by atoms with E-state index in [1.807, 2.05) is 0 Å². The number of carbonyl (C=O) groups excluding carboxylic acids is 1. The second-order valence-electron chi connectivity index (χ2n) is 4.64. The van der Waals surface area contributed by atoms with Crippen molar-refractivity contribution in [2.45, 2.75) is 13.8 Å². The Balaban J connectivity index is 2.67. The lowest BCUT2D eigenvalue weighted by Crippen LogP contribution is -2.05. The van der Waals surface area contributed by atoms with E-state index in [1.165, 1.54) is 12.3 Å². The van der Waals surface area contributed by atoms with Crippen molar-refractivity contribution >= 4 is 17.3 Å². The predicted octanol–water partition coefficient (Wildman–Crippen LogP) is 2.98. The molecule has 0 amide bonds. The predicted molar refractivity (Wildman–Crippen MR) is 80.2 cm³/mol. The van der Waals surface area contributed by atoms with Gasteiger partial charge < -0.3 is 9.72 Å². The maximum Gasteiger partial charge on any atom is 0.340 e. The summed E-state index contributed by atoms with van der Waals surface area (Å²) >= 11 is 0. The molecule has 2 aromatic rings. The Morgan fingerprint density at radius 3 is 2.52 bits per heavy atom. The number of carbonyl (C=O) groups is 1. The van der Waals surface area contributed by atoms with Crippen LogP contribution in [0, 0.1) is 27.2 Å². The molecule has 0 unspecified atom stereocenters. The van der Waals surface area contributed by atoms with Crippen LogP contribution in [0.25, 0.3) is 11.1 Å². The molecular formula is C14H13N3O6. The number of aryl methyl sites for hydroxylation is 1. The van der Waals surface area contributed by atoms with Gasteiger partial charge >= 0.3 is 5.97 Å². The molecule has 9 heteroatoms. The zero-order valence-corrected chi connectivity index (χ0v) is 12.4. The molecule has 0 aliphatic carbocycles. The van der Waals surface area contributed by atoms with Gasteiger partial charge in [0.2, 0.25) is 0 Å². The van der Waals surface area contributed by atoms with Crippen molar-refractivity contribution in [1.82, 2.24) is 4.98 Å². The van der Waals surface area contributed by atoms with Crippen molar-refractivity contribution < 1.29 is 19.4 Å². The Kier molecular flexibility index (Phi) is 4.39. The van der Waals surface area contributed by atoms with E-state index in [4.69, 9.17) is 4.74 Å². The van der Waals surface area contributed by atoms with Gasteiger partial charge in [0.05, 0.1) is 33.6 Å². The van der Waals surface area contributed by atoms with Gasteiger partial charge in [0.15, 0.2) is 0 Å². The Labute approximate surface area is 130 Å². The summed E-state index contributed by atoms with van der Waals surface area (Å²) in [6, 6.07) is 3.29. The summed E-state index contributed by atoms with van der Waals surface area (Å²) in [6.45, 7) is 3.44. The molecule has 1 aromatic heterocycles. The van der Waals surface area contributed by atoms with Crippen molar-refractivity contribution in [3.63, 3.8) is 0 Å². The number of hydrogen-bond acceptors (Lipinski definition) is 6. The minimum absolute atomic E-state index is 0.113. The largest absolute Gasteiger partial charge is 0.462 e. The summed E-state index contributed by atoms with van der Waals surface area (Å²) in [5.74, 6) is -0.625. The third kappa shape index (κ3) is 3.03. The van der Waals surface area contributed by atoms with Crippen LogP contribution >= 0.6 is 0 Å². The van der Waals surface area contributed by atoms with Crippen LogP contribution in [0.4, 0.5) is 11.4 Å². The second kappa shape index (κ2) is 6.26. The smallest absolute Gasteiger partial charge is 0.340 e. The molecule has 120 valence electrons. The Bertz CT molecular complexity index is 796. The van der Waals surface area contributed by atoms with Crippen LogP contribution in [0.15, 0.2) is 24.4 Å². The van der Waals surface area contributed by atoms with Crippen molar-refractivity contribution in [1.29, 1.82) is 0 Å². The van der Waals surface area contributed by atoms with E-state index < -0.39 is 27.2 Å². The number of hydrogen-bond donors (Lipinski definition) is 1. The van der Waals surface area contributed by atoms with Gasteiger partial charge in [-0.05, 0) is 19.9 Å². The van der Waals surface area contributed by atoms with Crippen molar-refractivity contribution in [3.8, 4) is 11.1 Å². The molecule has 23 heavy (non-hydrogen) atoms. The van der Waals surface area contributed by atoms with Gasteiger partial charge in [0, 0.05) is 23.5 Å². The normalized spacial score (nSPS) is 10.3. The summed E-state index contributed by atoms with van der Waals surface area (Å²) in [4.78, 5) is 35.4. The van der Waals surface area contributed by atoms with E-state index in [0.717, 1.165) is 12.1 Å². The topological polar surface area (TPSA) is 128 Å². The van der Waals surface area contributed by atoms with Crippen molar-refractivity contribution in [2.75, 3.05) is 6.61 Å². The van der Waals surface area contributed by atoms with Crippen LogP contribution in [0.2, 0.25) is 0 Å². The zero-order valence-electron chi connectivity index (χ0n) is 12.4. The number of esters is 1. The van der Waals surface area contributed by atoms with Crippen molar-refractivity contribution in [3.05, 3.63) is 55.9 Å². The van der Waals surface area contributed by atoms with Crippen LogP contribution < -0.4 is 0 Å². The fraction of sp³-hybridized carbons (Fsp3) is 0.214. The third-order valence-corrected chi connectivity index (χ3v) is 3.23. The molecule has 1 N–H and O–H groups in total. The average molecular weight is 319 g/mol. The maximum absolute atomic E-state index is 12.0. The van der Waals surface area contributed by atoms with E-state index in [1.54, 1.807) is 13.8 Å². The molecule has 1 aromatic carbocycles. The first-order valence-electron chi connectivity index (χ1n) is 6.65. The van der Waals surface area contributed by atoms with Gasteiger partial charge in [-0.3, -0.25) is 20.2 Å². The molecule has 0 saturated heterocycles. The maximum atomic E-state index is 12.0. The summed E-state index contributed by atoms with van der Waals surface area (Å²) < 4.78 is 4.93.